The van der Waals surface area contributed by atoms with Gasteiger partial charge >= 0.3 is 95.0 Å². The third-order valence-corrected chi connectivity index (χ3v) is 7.59. The summed E-state index contributed by atoms with van der Waals surface area (Å²) in [5.74, 6) is -38.8. The largest absolute Gasteiger partial charge is 0.465 e. The molecule has 0 heterocycles. The van der Waals surface area contributed by atoms with E-state index in [1.54, 1.807) is 9.47 Å². The van der Waals surface area contributed by atoms with Gasteiger partial charge in [-0.25, -0.2) is 9.59 Å². The number of carbonyl (C=O) groups excluding carboxylic acids is 2. The highest BCUT2D eigenvalue weighted by Gasteiger charge is 2.85. The van der Waals surface area contributed by atoms with E-state index < -0.39 is 131 Å². The first-order chi connectivity index (χ1) is 24.0. The van der Waals surface area contributed by atoms with E-state index in [4.69, 9.17) is 0 Å². The minimum atomic E-state index is -8.39. The molecule has 4 atom stereocenters. The first-order valence-electron chi connectivity index (χ1n) is 11.6. The van der Waals surface area contributed by atoms with Gasteiger partial charge in [-0.15, -0.1) is 0 Å². The maximum atomic E-state index is 14.3. The fourth-order valence-corrected chi connectivity index (χ4v) is 4.11. The summed E-state index contributed by atoms with van der Waals surface area (Å²) in [6.07, 6.45) is -64.1. The van der Waals surface area contributed by atoms with Crippen molar-refractivity contribution in [3.63, 3.8) is 0 Å². The molecule has 0 saturated carbocycles. The quantitative estimate of drug-likeness (QED) is 0.0800. The molecule has 0 amide bonds. The molecule has 0 aliphatic carbocycles. The number of carbonyl (C=O) groups is 2. The summed E-state index contributed by atoms with van der Waals surface area (Å²) >= 11 is 0. The Balaban J connectivity index is 6.97. The Labute approximate surface area is 292 Å². The van der Waals surface area contributed by atoms with Crippen LogP contribution in [0.3, 0.4) is 0 Å². The summed E-state index contributed by atoms with van der Waals surface area (Å²) in [4.78, 5) is 21.8. The Morgan fingerprint density at radius 2 is 0.554 bits per heavy atom. The molecule has 0 saturated heterocycles. The minimum Gasteiger partial charge on any atom is -0.465 e. The van der Waals surface area contributed by atoms with E-state index in [1.165, 1.54) is 9.47 Å². The zero-order valence-electron chi connectivity index (χ0n) is 24.7. The summed E-state index contributed by atoms with van der Waals surface area (Å²) in [6, 6.07) is 0. The SMILES string of the molecule is COC(=O)C(F)(OC(F)(F)C(F)(OC(F)(F)C(F)(F)SSC(F)(F)C(F)(F)OC(F)(C(F)(F)F)C(F)(F)OC(F)(C(=O)OC)C(F)(F)F)C(F)(F)F)C(F)(F)F. The fraction of sp³-hybridized carbons (Fsp3) is 0.889. The third-order valence-electron chi connectivity index (χ3n) is 5.11. The van der Waals surface area contributed by atoms with Crippen LogP contribution in [0.4, 0.5) is 123 Å². The number of methoxy groups -OCH3 is 2. The van der Waals surface area contributed by atoms with Gasteiger partial charge in [0.1, 0.15) is 0 Å². The minimum absolute atomic E-state index is 0.399. The number of ether oxygens (including phenoxy) is 6. The van der Waals surface area contributed by atoms with Crippen LogP contribution in [0.5, 0.6) is 0 Å². The summed E-state index contributed by atoms with van der Waals surface area (Å²) in [5.41, 5.74) is 0. The highest BCUT2D eigenvalue weighted by Crippen LogP contribution is 2.62. The summed E-state index contributed by atoms with van der Waals surface area (Å²) in [6.45, 7) is 0. The number of halogens is 28. The molecule has 0 rings (SSSR count). The number of hydrogen-bond donors (Lipinski definition) is 0. The molecular formula is C18H6F28O8S2. The van der Waals surface area contributed by atoms with E-state index in [0.29, 0.717) is 0 Å². The van der Waals surface area contributed by atoms with Gasteiger partial charge < -0.3 is 9.47 Å². The smallest absolute Gasteiger partial charge is 0.460 e. The van der Waals surface area contributed by atoms with E-state index in [1.807, 2.05) is 0 Å². The van der Waals surface area contributed by atoms with Crippen molar-refractivity contribution in [2.24, 2.45) is 0 Å². The van der Waals surface area contributed by atoms with Crippen LogP contribution in [0.25, 0.3) is 0 Å². The van der Waals surface area contributed by atoms with Gasteiger partial charge in [0.05, 0.1) is 14.2 Å². The lowest BCUT2D eigenvalue weighted by atomic mass is 10.2. The molecule has 0 spiro atoms. The summed E-state index contributed by atoms with van der Waals surface area (Å²) in [7, 11) is -7.54. The molecule has 4 unspecified atom stereocenters. The molecule has 56 heavy (non-hydrogen) atoms. The molecule has 0 N–H and O–H groups in total. The predicted octanol–water partition coefficient (Wildman–Crippen LogP) is 9.25. The van der Waals surface area contributed by atoms with Crippen molar-refractivity contribution in [2.75, 3.05) is 14.2 Å². The molecular weight excluding hydrogens is 940 g/mol. The van der Waals surface area contributed by atoms with Crippen molar-refractivity contribution in [2.45, 2.75) is 83.1 Å². The Morgan fingerprint density at radius 1 is 0.339 bits per heavy atom. The molecule has 0 bridgehead atoms. The van der Waals surface area contributed by atoms with E-state index in [0.717, 1.165) is 0 Å². The lowest BCUT2D eigenvalue weighted by molar-refractivity contribution is -0.534. The fourth-order valence-electron chi connectivity index (χ4n) is 2.42. The lowest BCUT2D eigenvalue weighted by Crippen LogP contribution is -2.67. The first kappa shape index (κ1) is 53.5. The van der Waals surface area contributed by atoms with Crippen molar-refractivity contribution in [1.82, 2.24) is 0 Å². The van der Waals surface area contributed by atoms with Gasteiger partial charge in [-0.05, 0) is 21.6 Å². The van der Waals surface area contributed by atoms with Crippen molar-refractivity contribution < 1.29 is 161 Å². The van der Waals surface area contributed by atoms with E-state index in [-0.39, 0.29) is 0 Å². The van der Waals surface area contributed by atoms with Gasteiger partial charge in [0.2, 0.25) is 0 Å². The molecule has 0 fully saturated rings. The van der Waals surface area contributed by atoms with Gasteiger partial charge in [-0.1, -0.05) is 0 Å². The Morgan fingerprint density at radius 3 is 0.714 bits per heavy atom. The second-order valence-electron chi connectivity index (χ2n) is 9.03. The third kappa shape index (κ3) is 9.69. The molecule has 0 aliphatic rings. The Kier molecular flexibility index (Phi) is 14.6. The second-order valence-corrected chi connectivity index (χ2v) is 11.4. The van der Waals surface area contributed by atoms with Gasteiger partial charge in [-0.3, -0.25) is 18.9 Å². The van der Waals surface area contributed by atoms with Gasteiger partial charge in [0.25, 0.3) is 0 Å². The molecule has 0 aromatic heterocycles. The maximum absolute atomic E-state index is 14.3. The molecule has 0 radical (unpaired) electrons. The summed E-state index contributed by atoms with van der Waals surface area (Å²) < 4.78 is 391. The first-order valence-corrected chi connectivity index (χ1v) is 13.8. The highest BCUT2D eigenvalue weighted by molar-refractivity contribution is 8.77. The van der Waals surface area contributed by atoms with Crippen LogP contribution < -0.4 is 0 Å². The zero-order chi connectivity index (χ0) is 45.8. The monoisotopic (exact) mass is 946 g/mol. The lowest BCUT2D eigenvalue weighted by Gasteiger charge is -2.40. The van der Waals surface area contributed by atoms with Crippen molar-refractivity contribution in [3.8, 4) is 0 Å². The average molecular weight is 946 g/mol. The van der Waals surface area contributed by atoms with Crippen LogP contribution in [-0.2, 0) is 38.0 Å². The standard InChI is InChI=1S/C18H6F28O8S2/c1-49-3(47)5(19,9(23,24)25)51-13(35,36)7(21,11(29,30)31)53-15(39,40)17(43,44)55-56-18(45,46)16(41,42)54-8(22,12(32,33)34)14(37,38)52-6(20,4(48)50-2)10(26,27)28/h1-2H3. The van der Waals surface area contributed by atoms with Gasteiger partial charge in [0, 0.05) is 0 Å². The van der Waals surface area contributed by atoms with Crippen LogP contribution in [0, 0.1) is 0 Å². The van der Waals surface area contributed by atoms with Gasteiger partial charge in [0.15, 0.2) is 0 Å². The summed E-state index contributed by atoms with van der Waals surface area (Å²) in [5, 5.41) is -15.2. The Hall–Kier alpha value is -2.48. The maximum Gasteiger partial charge on any atom is 0.460 e. The molecule has 334 valence electrons. The predicted molar refractivity (Wildman–Crippen MR) is 113 cm³/mol. The molecule has 0 aromatic rings. The Bertz CT molecular complexity index is 1310. The molecule has 0 aromatic carbocycles. The van der Waals surface area contributed by atoms with E-state index in [9.17, 15) is 133 Å². The molecule has 38 heteroatoms. The van der Waals surface area contributed by atoms with Crippen LogP contribution in [-0.4, -0.2) is 109 Å². The van der Waals surface area contributed by atoms with Crippen LogP contribution >= 0.6 is 21.6 Å². The number of esters is 2. The topological polar surface area (TPSA) is 89.5 Å². The number of hydrogen-bond acceptors (Lipinski definition) is 10. The van der Waals surface area contributed by atoms with Crippen LogP contribution in [0.15, 0.2) is 0 Å². The van der Waals surface area contributed by atoms with E-state index >= 15 is 0 Å². The number of rotatable bonds is 17. The van der Waals surface area contributed by atoms with Gasteiger partial charge in [-0.2, -0.15) is 123 Å². The van der Waals surface area contributed by atoms with Crippen molar-refractivity contribution >= 4 is 33.5 Å². The normalized spacial score (nSPS) is 19.3. The second kappa shape index (κ2) is 15.3. The van der Waals surface area contributed by atoms with Crippen LogP contribution in [0.2, 0.25) is 0 Å². The molecule has 8 nitrogen and oxygen atoms in total. The zero-order valence-corrected chi connectivity index (χ0v) is 26.3. The van der Waals surface area contributed by atoms with Crippen molar-refractivity contribution in [3.05, 3.63) is 0 Å². The number of alkyl halides is 28. The molecule has 0 aliphatic heterocycles. The highest BCUT2D eigenvalue weighted by atomic mass is 33.1. The van der Waals surface area contributed by atoms with Crippen LogP contribution in [0.1, 0.15) is 0 Å². The average Bonchev–Trinajstić information content (AvgIpc) is 2.95. The van der Waals surface area contributed by atoms with Crippen molar-refractivity contribution in [1.29, 1.82) is 0 Å². The van der Waals surface area contributed by atoms with E-state index in [2.05, 4.69) is 9.47 Å².